The van der Waals surface area contributed by atoms with E-state index in [1.807, 2.05) is 0 Å². The Labute approximate surface area is 131 Å². The summed E-state index contributed by atoms with van der Waals surface area (Å²) in [6, 6.07) is 5.44. The van der Waals surface area contributed by atoms with Gasteiger partial charge in [0.2, 0.25) is 0 Å². The van der Waals surface area contributed by atoms with Crippen molar-refractivity contribution >= 4 is 0 Å². The quantitative estimate of drug-likeness (QED) is 0.743. The van der Waals surface area contributed by atoms with Crippen molar-refractivity contribution in [2.75, 3.05) is 6.54 Å². The van der Waals surface area contributed by atoms with Gasteiger partial charge in [0.05, 0.1) is 0 Å². The second kappa shape index (κ2) is 7.98. The highest BCUT2D eigenvalue weighted by Crippen LogP contribution is 2.29. The number of aryl methyl sites for hydroxylation is 3. The van der Waals surface area contributed by atoms with E-state index >= 15 is 0 Å². The van der Waals surface area contributed by atoms with E-state index in [4.69, 9.17) is 0 Å². The number of hydrogen-bond acceptors (Lipinski definition) is 1. The largest absolute Gasteiger partial charge is 0.314 e. The maximum Gasteiger partial charge on any atom is 0.00985 e. The normalized spacial score (nSPS) is 23.0. The molecule has 2 rings (SSSR count). The van der Waals surface area contributed by atoms with Gasteiger partial charge >= 0.3 is 0 Å². The summed E-state index contributed by atoms with van der Waals surface area (Å²) in [6.45, 7) is 10.2. The van der Waals surface area contributed by atoms with Crippen molar-refractivity contribution in [2.24, 2.45) is 5.92 Å². The molecule has 0 saturated heterocycles. The monoisotopic (exact) mass is 287 g/mol. The highest BCUT2D eigenvalue weighted by molar-refractivity contribution is 5.37. The highest BCUT2D eigenvalue weighted by Gasteiger charge is 2.24. The summed E-state index contributed by atoms with van der Waals surface area (Å²) < 4.78 is 0. The van der Waals surface area contributed by atoms with Gasteiger partial charge in [0.25, 0.3) is 0 Å². The summed E-state index contributed by atoms with van der Waals surface area (Å²) >= 11 is 0. The van der Waals surface area contributed by atoms with Gasteiger partial charge in [-0.25, -0.2) is 0 Å². The predicted octanol–water partition coefficient (Wildman–Crippen LogP) is 5.10. The first-order valence-electron chi connectivity index (χ1n) is 8.92. The third-order valence-corrected chi connectivity index (χ3v) is 5.12. The smallest absolute Gasteiger partial charge is 0.00985 e. The third kappa shape index (κ3) is 4.57. The van der Waals surface area contributed by atoms with Crippen LogP contribution in [0.4, 0.5) is 0 Å². The Hall–Kier alpha value is -0.820. The van der Waals surface area contributed by atoms with Crippen LogP contribution in [0, 0.1) is 26.7 Å². The molecule has 0 bridgehead atoms. The van der Waals surface area contributed by atoms with E-state index < -0.39 is 0 Å². The Morgan fingerprint density at radius 3 is 2.33 bits per heavy atom. The summed E-state index contributed by atoms with van der Waals surface area (Å²) in [5.74, 6) is 0.819. The minimum atomic E-state index is 0.729. The van der Waals surface area contributed by atoms with Crippen LogP contribution in [-0.4, -0.2) is 12.6 Å². The molecule has 0 aliphatic heterocycles. The van der Waals surface area contributed by atoms with Gasteiger partial charge in [-0.3, -0.25) is 0 Å². The summed E-state index contributed by atoms with van der Waals surface area (Å²) in [4.78, 5) is 0. The average molecular weight is 287 g/mol. The fraction of sp³-hybridized carbons (Fsp3) is 0.700. The summed E-state index contributed by atoms with van der Waals surface area (Å²) in [5.41, 5.74) is 5.99. The van der Waals surface area contributed by atoms with Gasteiger partial charge in [0.1, 0.15) is 0 Å². The number of hydrogen-bond donors (Lipinski definition) is 1. The lowest BCUT2D eigenvalue weighted by molar-refractivity contribution is 0.332. The van der Waals surface area contributed by atoms with Crippen LogP contribution in [0.3, 0.4) is 0 Å². The Morgan fingerprint density at radius 1 is 1.00 bits per heavy atom. The van der Waals surface area contributed by atoms with Crippen molar-refractivity contribution in [3.63, 3.8) is 0 Å². The molecule has 1 aliphatic carbocycles. The van der Waals surface area contributed by atoms with Crippen LogP contribution >= 0.6 is 0 Å². The molecule has 0 spiro atoms. The molecule has 0 heterocycles. The Kier molecular flexibility index (Phi) is 6.29. The standard InChI is InChI=1S/C20H33N/c1-5-11-21-20-10-8-6-7-9-18(20)14-19-16(3)12-15(2)13-17(19)4/h12-13,18,20-21H,5-11,14H2,1-4H3. The molecule has 21 heavy (non-hydrogen) atoms. The van der Waals surface area contributed by atoms with Gasteiger partial charge < -0.3 is 5.32 Å². The average Bonchev–Trinajstić information content (AvgIpc) is 2.65. The van der Waals surface area contributed by atoms with Gasteiger partial charge in [-0.15, -0.1) is 0 Å². The second-order valence-corrected chi connectivity index (χ2v) is 7.04. The molecule has 2 atom stereocenters. The Morgan fingerprint density at radius 2 is 1.67 bits per heavy atom. The first-order valence-corrected chi connectivity index (χ1v) is 8.92. The maximum atomic E-state index is 3.83. The van der Waals surface area contributed by atoms with Crippen LogP contribution in [0.2, 0.25) is 0 Å². The van der Waals surface area contributed by atoms with Gasteiger partial charge in [0.15, 0.2) is 0 Å². The van der Waals surface area contributed by atoms with Crippen LogP contribution in [0.15, 0.2) is 12.1 Å². The van der Waals surface area contributed by atoms with Gasteiger partial charge in [-0.2, -0.15) is 0 Å². The first kappa shape index (κ1) is 16.5. The topological polar surface area (TPSA) is 12.0 Å². The molecule has 2 unspecified atom stereocenters. The van der Waals surface area contributed by atoms with Crippen molar-refractivity contribution < 1.29 is 0 Å². The predicted molar refractivity (Wildman–Crippen MR) is 93.0 cm³/mol. The zero-order valence-corrected chi connectivity index (χ0v) is 14.5. The fourth-order valence-electron chi connectivity index (χ4n) is 4.02. The lowest BCUT2D eigenvalue weighted by Gasteiger charge is -2.28. The van der Waals surface area contributed by atoms with Crippen LogP contribution in [0.25, 0.3) is 0 Å². The molecule has 1 aromatic carbocycles. The highest BCUT2D eigenvalue weighted by atomic mass is 14.9. The molecule has 0 radical (unpaired) electrons. The number of rotatable bonds is 5. The van der Waals surface area contributed by atoms with Crippen LogP contribution in [-0.2, 0) is 6.42 Å². The molecule has 118 valence electrons. The summed E-state index contributed by atoms with van der Waals surface area (Å²) in [5, 5.41) is 3.83. The van der Waals surface area contributed by atoms with Crippen molar-refractivity contribution in [3.05, 3.63) is 34.4 Å². The van der Waals surface area contributed by atoms with Crippen molar-refractivity contribution in [1.82, 2.24) is 5.32 Å². The molecule has 1 N–H and O–H groups in total. The minimum absolute atomic E-state index is 0.729. The molecule has 1 heteroatoms. The zero-order valence-electron chi connectivity index (χ0n) is 14.5. The van der Waals surface area contributed by atoms with E-state index in [9.17, 15) is 0 Å². The SMILES string of the molecule is CCCNC1CCCCCC1Cc1c(C)cc(C)cc1C. The maximum absolute atomic E-state index is 3.83. The molecule has 1 fully saturated rings. The van der Waals surface area contributed by atoms with Crippen LogP contribution in [0.5, 0.6) is 0 Å². The van der Waals surface area contributed by atoms with Gasteiger partial charge in [-0.1, -0.05) is 43.9 Å². The lowest BCUT2D eigenvalue weighted by Crippen LogP contribution is -2.37. The van der Waals surface area contributed by atoms with E-state index in [0.29, 0.717) is 0 Å². The Balaban J connectivity index is 2.14. The summed E-state index contributed by atoms with van der Waals surface area (Å²) in [6.07, 6.45) is 9.52. The number of nitrogens with one attached hydrogen (secondary N) is 1. The van der Waals surface area contributed by atoms with Crippen molar-refractivity contribution in [1.29, 1.82) is 0 Å². The van der Waals surface area contributed by atoms with E-state index in [1.165, 1.54) is 68.2 Å². The van der Waals surface area contributed by atoms with E-state index in [-0.39, 0.29) is 0 Å². The molecule has 1 nitrogen and oxygen atoms in total. The second-order valence-electron chi connectivity index (χ2n) is 7.04. The molecule has 1 aliphatic rings. The zero-order chi connectivity index (χ0) is 15.2. The van der Waals surface area contributed by atoms with E-state index in [2.05, 4.69) is 45.1 Å². The molecule has 0 amide bonds. The van der Waals surface area contributed by atoms with Gasteiger partial charge in [0, 0.05) is 6.04 Å². The third-order valence-electron chi connectivity index (χ3n) is 5.12. The number of benzene rings is 1. The van der Waals surface area contributed by atoms with E-state index in [0.717, 1.165) is 12.0 Å². The van der Waals surface area contributed by atoms with Crippen LogP contribution < -0.4 is 5.32 Å². The summed E-state index contributed by atoms with van der Waals surface area (Å²) in [7, 11) is 0. The minimum Gasteiger partial charge on any atom is -0.314 e. The van der Waals surface area contributed by atoms with Crippen molar-refractivity contribution in [2.45, 2.75) is 78.7 Å². The van der Waals surface area contributed by atoms with E-state index in [1.54, 1.807) is 5.56 Å². The lowest BCUT2D eigenvalue weighted by atomic mass is 9.85. The Bertz CT molecular complexity index is 426. The molecule has 0 aromatic heterocycles. The molecule has 1 aromatic rings. The van der Waals surface area contributed by atoms with Crippen molar-refractivity contribution in [3.8, 4) is 0 Å². The molecular weight excluding hydrogens is 254 g/mol. The molecule has 1 saturated carbocycles. The van der Waals surface area contributed by atoms with Crippen LogP contribution in [0.1, 0.15) is 67.7 Å². The van der Waals surface area contributed by atoms with Gasteiger partial charge in [-0.05, 0) is 75.6 Å². The fourth-order valence-corrected chi connectivity index (χ4v) is 4.02. The first-order chi connectivity index (χ1) is 10.1. The molecular formula is C20H33N.